The molecule has 0 aromatic heterocycles. The van der Waals surface area contributed by atoms with Crippen LogP contribution in [0.1, 0.15) is 19.3 Å². The van der Waals surface area contributed by atoms with Crippen molar-refractivity contribution in [3.63, 3.8) is 0 Å². The summed E-state index contributed by atoms with van der Waals surface area (Å²) in [4.78, 5) is 25.4. The van der Waals surface area contributed by atoms with Crippen molar-refractivity contribution < 1.29 is 9.59 Å². The zero-order valence-electron chi connectivity index (χ0n) is 9.48. The molecule has 4 nitrogen and oxygen atoms in total. The molecule has 1 aliphatic heterocycles. The molecule has 88 valence electrons. The Morgan fingerprint density at radius 1 is 1.29 bits per heavy atom. The highest BCUT2D eigenvalue weighted by molar-refractivity contribution is 6.10. The second-order valence-electron chi connectivity index (χ2n) is 4.62. The Morgan fingerprint density at radius 3 is 2.76 bits per heavy atom. The fourth-order valence-electron chi connectivity index (χ4n) is 2.31. The number of benzene rings is 1. The Morgan fingerprint density at radius 2 is 2.06 bits per heavy atom. The van der Waals surface area contributed by atoms with Crippen LogP contribution >= 0.6 is 0 Å². The number of hydrogen-bond acceptors (Lipinski definition) is 2. The molecule has 0 spiro atoms. The summed E-state index contributed by atoms with van der Waals surface area (Å²) < 4.78 is 0. The first-order chi connectivity index (χ1) is 8.25. The van der Waals surface area contributed by atoms with E-state index < -0.39 is 0 Å². The van der Waals surface area contributed by atoms with E-state index in [0.717, 1.165) is 30.6 Å². The van der Waals surface area contributed by atoms with Gasteiger partial charge in [-0.15, -0.1) is 0 Å². The minimum absolute atomic E-state index is 0.0959. The second-order valence-corrected chi connectivity index (χ2v) is 4.62. The van der Waals surface area contributed by atoms with Gasteiger partial charge in [0.15, 0.2) is 0 Å². The van der Waals surface area contributed by atoms with Gasteiger partial charge in [0.1, 0.15) is 6.54 Å². The molecule has 1 aromatic rings. The molecule has 1 N–H and O–H groups in total. The predicted molar refractivity (Wildman–Crippen MR) is 64.8 cm³/mol. The first-order valence-corrected chi connectivity index (χ1v) is 5.96. The number of hydrogen-bond donors (Lipinski definition) is 1. The Hall–Kier alpha value is -1.84. The van der Waals surface area contributed by atoms with Gasteiger partial charge in [0.2, 0.25) is 11.8 Å². The minimum Gasteiger partial charge on any atom is -0.323 e. The van der Waals surface area contributed by atoms with Gasteiger partial charge < -0.3 is 10.2 Å². The van der Waals surface area contributed by atoms with Crippen LogP contribution in [0, 0.1) is 5.92 Å². The summed E-state index contributed by atoms with van der Waals surface area (Å²) >= 11 is 0. The lowest BCUT2D eigenvalue weighted by Gasteiger charge is -2.34. The zero-order valence-corrected chi connectivity index (χ0v) is 9.48. The van der Waals surface area contributed by atoms with E-state index in [-0.39, 0.29) is 24.3 Å². The summed E-state index contributed by atoms with van der Waals surface area (Å²) in [6.45, 7) is 0.145. The molecule has 0 saturated heterocycles. The number of nitrogens with one attached hydrogen (secondary N) is 1. The molecular weight excluding hydrogens is 216 g/mol. The number of carbonyl (C=O) groups excluding carboxylic acids is 2. The second kappa shape index (κ2) is 3.87. The van der Waals surface area contributed by atoms with E-state index >= 15 is 0 Å². The summed E-state index contributed by atoms with van der Waals surface area (Å²) in [6.07, 6.45) is 3.04. The monoisotopic (exact) mass is 230 g/mol. The summed E-state index contributed by atoms with van der Waals surface area (Å²) in [5.74, 6) is 0.101. The molecule has 2 aliphatic rings. The number of anilines is 2. The highest BCUT2D eigenvalue weighted by Crippen LogP contribution is 2.34. The lowest BCUT2D eigenvalue weighted by atomic mass is 9.84. The van der Waals surface area contributed by atoms with Crippen LogP contribution in [0.15, 0.2) is 24.3 Å². The SMILES string of the molecule is O=C1CN(C(=O)C2CCC2)c2ccccc2N1. The van der Waals surface area contributed by atoms with E-state index in [1.54, 1.807) is 4.90 Å². The Bertz CT molecular complexity index is 480. The van der Waals surface area contributed by atoms with E-state index in [2.05, 4.69) is 5.32 Å². The van der Waals surface area contributed by atoms with Crippen molar-refractivity contribution in [1.29, 1.82) is 0 Å². The van der Waals surface area contributed by atoms with Crippen molar-refractivity contribution in [3.05, 3.63) is 24.3 Å². The maximum Gasteiger partial charge on any atom is 0.244 e. The molecule has 0 radical (unpaired) electrons. The largest absolute Gasteiger partial charge is 0.323 e. The molecule has 4 heteroatoms. The van der Waals surface area contributed by atoms with Crippen molar-refractivity contribution in [2.75, 3.05) is 16.8 Å². The van der Waals surface area contributed by atoms with Crippen molar-refractivity contribution >= 4 is 23.2 Å². The van der Waals surface area contributed by atoms with Crippen LogP contribution in [-0.4, -0.2) is 18.4 Å². The maximum atomic E-state index is 12.2. The van der Waals surface area contributed by atoms with Crippen molar-refractivity contribution in [2.24, 2.45) is 5.92 Å². The number of carbonyl (C=O) groups is 2. The zero-order chi connectivity index (χ0) is 11.8. The molecule has 2 amide bonds. The van der Waals surface area contributed by atoms with E-state index in [1.807, 2.05) is 24.3 Å². The topological polar surface area (TPSA) is 49.4 Å². The molecule has 0 bridgehead atoms. The van der Waals surface area contributed by atoms with Crippen LogP contribution in [-0.2, 0) is 9.59 Å². The van der Waals surface area contributed by atoms with Gasteiger partial charge >= 0.3 is 0 Å². The first-order valence-electron chi connectivity index (χ1n) is 5.96. The third kappa shape index (κ3) is 1.69. The van der Waals surface area contributed by atoms with E-state index in [1.165, 1.54) is 0 Å². The highest BCUT2D eigenvalue weighted by Gasteiger charge is 2.34. The van der Waals surface area contributed by atoms with Crippen LogP contribution in [0.5, 0.6) is 0 Å². The van der Waals surface area contributed by atoms with Crippen LogP contribution in [0.2, 0.25) is 0 Å². The summed E-state index contributed by atoms with van der Waals surface area (Å²) in [5, 5.41) is 2.79. The quantitative estimate of drug-likeness (QED) is 0.799. The average molecular weight is 230 g/mol. The third-order valence-electron chi connectivity index (χ3n) is 3.49. The molecule has 1 saturated carbocycles. The molecule has 17 heavy (non-hydrogen) atoms. The fraction of sp³-hybridized carbons (Fsp3) is 0.385. The van der Waals surface area contributed by atoms with Gasteiger partial charge in [-0.2, -0.15) is 0 Å². The maximum absolute atomic E-state index is 12.2. The van der Waals surface area contributed by atoms with Crippen LogP contribution in [0.25, 0.3) is 0 Å². The normalized spacial score (nSPS) is 19.3. The lowest BCUT2D eigenvalue weighted by Crippen LogP contribution is -2.46. The van der Waals surface area contributed by atoms with Gasteiger partial charge in [-0.3, -0.25) is 9.59 Å². The molecule has 3 rings (SSSR count). The Balaban J connectivity index is 1.94. The number of rotatable bonds is 1. The van der Waals surface area contributed by atoms with Crippen LogP contribution < -0.4 is 10.2 Å². The summed E-state index contributed by atoms with van der Waals surface area (Å²) in [6, 6.07) is 7.45. The third-order valence-corrected chi connectivity index (χ3v) is 3.49. The molecular formula is C13H14N2O2. The van der Waals surface area contributed by atoms with Gasteiger partial charge in [0, 0.05) is 5.92 Å². The lowest BCUT2D eigenvalue weighted by molar-refractivity contribution is -0.126. The molecule has 1 heterocycles. The number of para-hydroxylation sites is 2. The highest BCUT2D eigenvalue weighted by atomic mass is 16.2. The number of amides is 2. The Kier molecular flexibility index (Phi) is 2.35. The number of fused-ring (bicyclic) bond motifs is 1. The molecule has 1 aromatic carbocycles. The van der Waals surface area contributed by atoms with Crippen molar-refractivity contribution in [1.82, 2.24) is 0 Å². The van der Waals surface area contributed by atoms with Gasteiger partial charge in [0.05, 0.1) is 11.4 Å². The van der Waals surface area contributed by atoms with Gasteiger partial charge in [-0.05, 0) is 25.0 Å². The van der Waals surface area contributed by atoms with E-state index in [9.17, 15) is 9.59 Å². The van der Waals surface area contributed by atoms with Crippen molar-refractivity contribution in [2.45, 2.75) is 19.3 Å². The van der Waals surface area contributed by atoms with Gasteiger partial charge in [-0.1, -0.05) is 18.6 Å². The molecule has 1 fully saturated rings. The average Bonchev–Trinajstić information content (AvgIpc) is 2.25. The Labute approximate surface area is 99.6 Å². The van der Waals surface area contributed by atoms with E-state index in [4.69, 9.17) is 0 Å². The van der Waals surface area contributed by atoms with Gasteiger partial charge in [-0.25, -0.2) is 0 Å². The molecule has 0 atom stereocenters. The van der Waals surface area contributed by atoms with Crippen LogP contribution in [0.3, 0.4) is 0 Å². The van der Waals surface area contributed by atoms with Crippen LogP contribution in [0.4, 0.5) is 11.4 Å². The number of nitrogens with zero attached hydrogens (tertiary/aromatic N) is 1. The standard InChI is InChI=1S/C13H14N2O2/c16-12-8-15(13(17)9-4-3-5-9)11-7-2-1-6-10(11)14-12/h1-2,6-7,9H,3-5,8H2,(H,14,16). The predicted octanol–water partition coefficient (Wildman–Crippen LogP) is 1.77. The first kappa shape index (κ1) is 10.3. The smallest absolute Gasteiger partial charge is 0.244 e. The summed E-state index contributed by atoms with van der Waals surface area (Å²) in [7, 11) is 0. The van der Waals surface area contributed by atoms with Gasteiger partial charge in [0.25, 0.3) is 0 Å². The molecule has 1 aliphatic carbocycles. The molecule has 0 unspecified atom stereocenters. The minimum atomic E-state index is -0.114. The fourth-order valence-corrected chi connectivity index (χ4v) is 2.31. The summed E-state index contributed by atoms with van der Waals surface area (Å²) in [5.41, 5.74) is 1.56. The van der Waals surface area contributed by atoms with E-state index in [0.29, 0.717) is 0 Å². The van der Waals surface area contributed by atoms with Crippen molar-refractivity contribution in [3.8, 4) is 0 Å².